The number of nitro benzene ring substituents is 1. The summed E-state index contributed by atoms with van der Waals surface area (Å²) in [4.78, 5) is 36.3. The minimum Gasteiger partial charge on any atom is -0.337 e. The minimum atomic E-state index is -0.494. The second-order valence-corrected chi connectivity index (χ2v) is 5.80. The number of hydrogen-bond donors (Lipinski definition) is 1. The van der Waals surface area contributed by atoms with Gasteiger partial charge in [0.25, 0.3) is 11.6 Å². The number of amides is 2. The number of nitrogens with zero attached hydrogens (tertiary/aromatic N) is 2. The largest absolute Gasteiger partial charge is 0.337 e. The van der Waals surface area contributed by atoms with Gasteiger partial charge in [-0.1, -0.05) is 25.0 Å². The number of hydrogen-bond acceptors (Lipinski definition) is 4. The van der Waals surface area contributed by atoms with Crippen LogP contribution < -0.4 is 5.32 Å². The van der Waals surface area contributed by atoms with E-state index < -0.39 is 4.92 Å². The van der Waals surface area contributed by atoms with Gasteiger partial charge < -0.3 is 10.2 Å². The summed E-state index contributed by atoms with van der Waals surface area (Å²) in [5.41, 5.74) is 0.578. The number of non-ortho nitro benzene ring substituents is 1. The Hall–Kier alpha value is -2.70. The van der Waals surface area contributed by atoms with Crippen LogP contribution in [0.25, 0.3) is 6.08 Å². The maximum Gasteiger partial charge on any atom is 0.270 e. The van der Waals surface area contributed by atoms with Gasteiger partial charge in [0.15, 0.2) is 0 Å². The van der Waals surface area contributed by atoms with E-state index in [4.69, 9.17) is 0 Å². The third kappa shape index (κ3) is 4.91. The number of likely N-dealkylation sites (tertiary alicyclic amines) is 1. The van der Waals surface area contributed by atoms with Crippen molar-refractivity contribution in [1.82, 2.24) is 10.2 Å². The number of carbonyl (C=O) groups is 2. The van der Waals surface area contributed by atoms with Crippen molar-refractivity contribution < 1.29 is 14.5 Å². The van der Waals surface area contributed by atoms with Crippen LogP contribution in [-0.4, -0.2) is 34.7 Å². The van der Waals surface area contributed by atoms with Crippen LogP contribution in [0, 0.1) is 10.1 Å². The van der Waals surface area contributed by atoms with Gasteiger partial charge in [0, 0.05) is 32.1 Å². The lowest BCUT2D eigenvalue weighted by Crippen LogP contribution is -2.38. The number of carbonyl (C=O) groups excluding carboxylic acids is 2. The van der Waals surface area contributed by atoms with Gasteiger partial charge in [-0.3, -0.25) is 19.7 Å². The van der Waals surface area contributed by atoms with Gasteiger partial charge in [-0.25, -0.2) is 0 Å². The fourth-order valence-corrected chi connectivity index (χ4v) is 2.68. The molecule has 2 amide bonds. The Bertz CT molecular complexity index is 662. The summed E-state index contributed by atoms with van der Waals surface area (Å²) in [5, 5.41) is 13.4. The molecule has 1 aliphatic heterocycles. The first-order chi connectivity index (χ1) is 11.5. The second-order valence-electron chi connectivity index (χ2n) is 5.80. The summed E-state index contributed by atoms with van der Waals surface area (Å²) in [6, 6.07) is 5.96. The molecule has 1 aromatic rings. The summed E-state index contributed by atoms with van der Waals surface area (Å²) < 4.78 is 0. The van der Waals surface area contributed by atoms with E-state index in [-0.39, 0.29) is 23.2 Å². The monoisotopic (exact) mass is 331 g/mol. The summed E-state index contributed by atoms with van der Waals surface area (Å²) in [6.07, 6.45) is 5.55. The van der Waals surface area contributed by atoms with Crippen LogP contribution in [0.15, 0.2) is 30.0 Å². The van der Waals surface area contributed by atoms with E-state index in [1.165, 1.54) is 25.1 Å². The lowest BCUT2D eigenvalue weighted by molar-refractivity contribution is -0.384. The van der Waals surface area contributed by atoms with E-state index in [1.807, 2.05) is 0 Å². The highest BCUT2D eigenvalue weighted by atomic mass is 16.6. The molecule has 0 aliphatic carbocycles. The molecule has 0 saturated carbocycles. The highest BCUT2D eigenvalue weighted by molar-refractivity contribution is 6.01. The van der Waals surface area contributed by atoms with Crippen molar-refractivity contribution in [3.8, 4) is 0 Å². The Morgan fingerprint density at radius 1 is 1.21 bits per heavy atom. The topological polar surface area (TPSA) is 92.5 Å². The molecular formula is C17H21N3O4. The van der Waals surface area contributed by atoms with Crippen LogP contribution >= 0.6 is 0 Å². The van der Waals surface area contributed by atoms with Crippen LogP contribution in [0.1, 0.15) is 38.2 Å². The van der Waals surface area contributed by atoms with Gasteiger partial charge in [-0.05, 0) is 24.5 Å². The molecule has 128 valence electrons. The zero-order valence-corrected chi connectivity index (χ0v) is 13.7. The van der Waals surface area contributed by atoms with E-state index in [2.05, 4.69) is 5.32 Å². The van der Waals surface area contributed by atoms with E-state index in [1.54, 1.807) is 17.0 Å². The Morgan fingerprint density at radius 3 is 2.46 bits per heavy atom. The molecule has 1 heterocycles. The molecule has 7 heteroatoms. The van der Waals surface area contributed by atoms with Gasteiger partial charge >= 0.3 is 0 Å². The van der Waals surface area contributed by atoms with Crippen molar-refractivity contribution in [3.05, 3.63) is 45.6 Å². The Labute approximate surface area is 140 Å². The van der Waals surface area contributed by atoms with Crippen LogP contribution in [0.2, 0.25) is 0 Å². The predicted octanol–water partition coefficient (Wildman–Crippen LogP) is 2.47. The average Bonchev–Trinajstić information content (AvgIpc) is 2.82. The molecule has 1 aliphatic rings. The Balaban J connectivity index is 2.29. The fourth-order valence-electron chi connectivity index (χ4n) is 2.68. The van der Waals surface area contributed by atoms with Gasteiger partial charge in [-0.15, -0.1) is 0 Å². The lowest BCUT2D eigenvalue weighted by Gasteiger charge is -2.22. The van der Waals surface area contributed by atoms with Crippen LogP contribution in [0.3, 0.4) is 0 Å². The fraction of sp³-hybridized carbons (Fsp3) is 0.412. The summed E-state index contributed by atoms with van der Waals surface area (Å²) in [5.74, 6) is -0.603. The van der Waals surface area contributed by atoms with E-state index >= 15 is 0 Å². The lowest BCUT2D eigenvalue weighted by atomic mass is 10.1. The van der Waals surface area contributed by atoms with Crippen molar-refractivity contribution in [2.45, 2.75) is 32.6 Å². The van der Waals surface area contributed by atoms with E-state index in [0.717, 1.165) is 25.7 Å². The first-order valence-corrected chi connectivity index (χ1v) is 8.00. The molecule has 0 aromatic heterocycles. The first-order valence-electron chi connectivity index (χ1n) is 8.00. The normalized spacial score (nSPS) is 15.5. The van der Waals surface area contributed by atoms with Crippen molar-refractivity contribution >= 4 is 23.6 Å². The van der Waals surface area contributed by atoms with Gasteiger partial charge in [-0.2, -0.15) is 0 Å². The molecule has 0 radical (unpaired) electrons. The molecule has 24 heavy (non-hydrogen) atoms. The van der Waals surface area contributed by atoms with Crippen LogP contribution in [-0.2, 0) is 9.59 Å². The Morgan fingerprint density at radius 2 is 1.88 bits per heavy atom. The number of benzene rings is 1. The van der Waals surface area contributed by atoms with Gasteiger partial charge in [0.05, 0.1) is 4.92 Å². The quantitative estimate of drug-likeness (QED) is 0.521. The third-order valence-electron chi connectivity index (χ3n) is 3.83. The summed E-state index contributed by atoms with van der Waals surface area (Å²) in [6.45, 7) is 2.65. The zero-order valence-electron chi connectivity index (χ0n) is 13.7. The maximum atomic E-state index is 12.7. The molecule has 0 bridgehead atoms. The minimum absolute atomic E-state index is 0.0619. The standard InChI is InChI=1S/C17H21N3O4/c1-13(21)18-16(17(22)19-9-4-2-3-5-10-19)12-14-7-6-8-15(11-14)20(23)24/h6-8,11-12H,2-5,9-10H2,1H3,(H,18,21). The molecule has 0 atom stereocenters. The summed E-state index contributed by atoms with van der Waals surface area (Å²) >= 11 is 0. The molecule has 1 aromatic carbocycles. The number of nitrogens with one attached hydrogen (secondary N) is 1. The molecule has 0 spiro atoms. The second kappa shape index (κ2) is 8.24. The maximum absolute atomic E-state index is 12.7. The molecule has 0 unspecified atom stereocenters. The van der Waals surface area contributed by atoms with Gasteiger partial charge in [0.1, 0.15) is 5.70 Å². The molecule has 7 nitrogen and oxygen atoms in total. The third-order valence-corrected chi connectivity index (χ3v) is 3.83. The smallest absolute Gasteiger partial charge is 0.270 e. The van der Waals surface area contributed by atoms with Crippen molar-refractivity contribution in [2.75, 3.05) is 13.1 Å². The van der Waals surface area contributed by atoms with Crippen molar-refractivity contribution in [2.24, 2.45) is 0 Å². The SMILES string of the molecule is CC(=O)NC(=Cc1cccc([N+](=O)[O-])c1)C(=O)N1CCCCCC1. The number of nitro groups is 1. The van der Waals surface area contributed by atoms with E-state index in [9.17, 15) is 19.7 Å². The molecule has 2 rings (SSSR count). The van der Waals surface area contributed by atoms with Crippen molar-refractivity contribution in [1.29, 1.82) is 0 Å². The first kappa shape index (κ1) is 17.7. The van der Waals surface area contributed by atoms with Crippen molar-refractivity contribution in [3.63, 3.8) is 0 Å². The van der Waals surface area contributed by atoms with Crippen LogP contribution in [0.5, 0.6) is 0 Å². The predicted molar refractivity (Wildman–Crippen MR) is 89.9 cm³/mol. The highest BCUT2D eigenvalue weighted by Crippen LogP contribution is 2.17. The highest BCUT2D eigenvalue weighted by Gasteiger charge is 2.20. The zero-order chi connectivity index (χ0) is 17.5. The number of rotatable bonds is 4. The van der Waals surface area contributed by atoms with Crippen LogP contribution in [0.4, 0.5) is 5.69 Å². The Kier molecular flexibility index (Phi) is 6.06. The molecule has 1 N–H and O–H groups in total. The average molecular weight is 331 g/mol. The van der Waals surface area contributed by atoms with E-state index in [0.29, 0.717) is 18.7 Å². The summed E-state index contributed by atoms with van der Waals surface area (Å²) in [7, 11) is 0. The van der Waals surface area contributed by atoms with Gasteiger partial charge in [0.2, 0.25) is 5.91 Å². The molecule has 1 fully saturated rings. The molecule has 1 saturated heterocycles. The molecular weight excluding hydrogens is 310 g/mol.